The van der Waals surface area contributed by atoms with Crippen molar-refractivity contribution in [3.8, 4) is 0 Å². The lowest BCUT2D eigenvalue weighted by Gasteiger charge is -2.09. The van der Waals surface area contributed by atoms with E-state index in [1.165, 1.54) is 6.07 Å². The van der Waals surface area contributed by atoms with E-state index < -0.39 is 10.8 Å². The zero-order valence-electron chi connectivity index (χ0n) is 11.5. The molecule has 2 heterocycles. The highest BCUT2D eigenvalue weighted by Crippen LogP contribution is 2.19. The number of hydrogen-bond acceptors (Lipinski definition) is 6. The van der Waals surface area contributed by atoms with E-state index in [0.717, 1.165) is 17.3 Å². The largest absolute Gasteiger partial charge is 0.372 e. The number of anilines is 1. The van der Waals surface area contributed by atoms with Crippen LogP contribution in [0.25, 0.3) is 0 Å². The predicted octanol–water partition coefficient (Wildman–Crippen LogP) is 2.33. The lowest BCUT2D eigenvalue weighted by molar-refractivity contribution is -0.385. The first-order valence-corrected chi connectivity index (χ1v) is 7.09. The Labute approximate surface area is 125 Å². The molecule has 110 valence electrons. The Balaban J connectivity index is 2.19. The van der Waals surface area contributed by atoms with Gasteiger partial charge in [0.25, 0.3) is 11.6 Å². The highest BCUT2D eigenvalue weighted by molar-refractivity contribution is 7.08. The average Bonchev–Trinajstić information content (AvgIpc) is 2.89. The molecule has 21 heavy (non-hydrogen) atoms. The van der Waals surface area contributed by atoms with Crippen LogP contribution in [0.2, 0.25) is 0 Å². The molecule has 2 rings (SSSR count). The molecule has 0 fully saturated rings. The summed E-state index contributed by atoms with van der Waals surface area (Å²) in [6, 6.07) is 1.22. The third kappa shape index (κ3) is 3.34. The number of amides is 1. The van der Waals surface area contributed by atoms with Crippen LogP contribution in [-0.4, -0.2) is 22.9 Å². The summed E-state index contributed by atoms with van der Waals surface area (Å²) in [6.07, 6.45) is 1.12. The van der Waals surface area contributed by atoms with Gasteiger partial charge >= 0.3 is 0 Å². The van der Waals surface area contributed by atoms with E-state index in [4.69, 9.17) is 0 Å². The van der Waals surface area contributed by atoms with Gasteiger partial charge in [-0.15, -0.1) is 0 Å². The minimum atomic E-state index is -0.577. The van der Waals surface area contributed by atoms with Crippen molar-refractivity contribution in [2.24, 2.45) is 0 Å². The Morgan fingerprint density at radius 1 is 1.48 bits per heavy atom. The Hall–Kier alpha value is -2.48. The summed E-state index contributed by atoms with van der Waals surface area (Å²) in [5.41, 5.74) is 2.06. The van der Waals surface area contributed by atoms with E-state index in [9.17, 15) is 14.9 Å². The molecule has 0 aliphatic carbocycles. The second-order valence-electron chi connectivity index (χ2n) is 4.36. The molecule has 2 N–H and O–H groups in total. The van der Waals surface area contributed by atoms with E-state index in [-0.39, 0.29) is 11.3 Å². The molecule has 0 radical (unpaired) electrons. The van der Waals surface area contributed by atoms with Gasteiger partial charge in [-0.3, -0.25) is 14.9 Å². The van der Waals surface area contributed by atoms with Crippen molar-refractivity contribution in [3.63, 3.8) is 0 Å². The van der Waals surface area contributed by atoms with Gasteiger partial charge in [0, 0.05) is 19.7 Å². The number of thiophene rings is 1. The number of aromatic nitrogens is 1. The predicted molar refractivity (Wildman–Crippen MR) is 80.7 cm³/mol. The Kier molecular flexibility index (Phi) is 4.49. The molecule has 0 aromatic carbocycles. The van der Waals surface area contributed by atoms with Crippen molar-refractivity contribution in [2.75, 3.05) is 12.4 Å². The smallest absolute Gasteiger partial charge is 0.288 e. The number of nitro groups is 1. The summed E-state index contributed by atoms with van der Waals surface area (Å²) in [6.45, 7) is 2.34. The molecule has 2 aromatic heterocycles. The van der Waals surface area contributed by atoms with E-state index in [1.54, 1.807) is 18.4 Å². The fraction of sp³-hybridized carbons (Fsp3) is 0.231. The van der Waals surface area contributed by atoms with Crippen molar-refractivity contribution >= 4 is 28.7 Å². The first-order chi connectivity index (χ1) is 10.0. The summed E-state index contributed by atoms with van der Waals surface area (Å²) in [5, 5.41) is 20.2. The zero-order valence-corrected chi connectivity index (χ0v) is 12.4. The molecule has 0 bridgehead atoms. The number of aryl methyl sites for hydroxylation is 1. The first-order valence-electron chi connectivity index (χ1n) is 6.15. The molecule has 2 aromatic rings. The third-order valence-corrected chi connectivity index (χ3v) is 3.88. The molecule has 0 aliphatic heterocycles. The van der Waals surface area contributed by atoms with Crippen molar-refractivity contribution in [1.29, 1.82) is 0 Å². The van der Waals surface area contributed by atoms with Crippen LogP contribution in [0.3, 0.4) is 0 Å². The number of nitrogens with zero attached hydrogens (tertiary/aromatic N) is 2. The number of carbonyl (C=O) groups is 1. The van der Waals surface area contributed by atoms with Crippen LogP contribution in [0, 0.1) is 17.0 Å². The number of hydrogen-bond donors (Lipinski definition) is 2. The van der Waals surface area contributed by atoms with Crippen molar-refractivity contribution in [3.05, 3.63) is 49.8 Å². The standard InChI is InChI=1S/C13H14N4O3S/c1-8-6-21-7-9(8)4-16-13(18)11-3-10(17(19)20)5-15-12(11)14-2/h3,5-7H,4H2,1-2H3,(H,14,15)(H,16,18). The van der Waals surface area contributed by atoms with Gasteiger partial charge in [0.15, 0.2) is 0 Å². The van der Waals surface area contributed by atoms with Gasteiger partial charge in [-0.05, 0) is 28.8 Å². The summed E-state index contributed by atoms with van der Waals surface area (Å²) >= 11 is 1.56. The van der Waals surface area contributed by atoms with E-state index in [2.05, 4.69) is 15.6 Å². The van der Waals surface area contributed by atoms with Crippen LogP contribution in [-0.2, 0) is 6.54 Å². The topological polar surface area (TPSA) is 97.2 Å². The van der Waals surface area contributed by atoms with Gasteiger partial charge in [0.1, 0.15) is 12.0 Å². The van der Waals surface area contributed by atoms with Crippen LogP contribution in [0.5, 0.6) is 0 Å². The number of rotatable bonds is 5. The molecule has 0 spiro atoms. The summed E-state index contributed by atoms with van der Waals surface area (Å²) in [4.78, 5) is 26.3. The Morgan fingerprint density at radius 2 is 2.24 bits per heavy atom. The number of pyridine rings is 1. The van der Waals surface area contributed by atoms with Gasteiger partial charge in [0.05, 0.1) is 10.5 Å². The molecular formula is C13H14N4O3S. The van der Waals surface area contributed by atoms with Crippen LogP contribution in [0.1, 0.15) is 21.5 Å². The van der Waals surface area contributed by atoms with E-state index in [0.29, 0.717) is 12.4 Å². The van der Waals surface area contributed by atoms with Crippen LogP contribution < -0.4 is 10.6 Å². The zero-order chi connectivity index (χ0) is 15.4. The van der Waals surface area contributed by atoms with Gasteiger partial charge < -0.3 is 10.6 Å². The molecule has 8 heteroatoms. The summed E-state index contributed by atoms with van der Waals surface area (Å²) in [5.74, 6) is -0.0960. The normalized spacial score (nSPS) is 10.2. The SMILES string of the molecule is CNc1ncc([N+](=O)[O-])cc1C(=O)NCc1cscc1C. The van der Waals surface area contributed by atoms with Crippen molar-refractivity contribution in [1.82, 2.24) is 10.3 Å². The van der Waals surface area contributed by atoms with Crippen molar-refractivity contribution < 1.29 is 9.72 Å². The van der Waals surface area contributed by atoms with Crippen LogP contribution in [0.4, 0.5) is 11.5 Å². The van der Waals surface area contributed by atoms with Crippen LogP contribution in [0.15, 0.2) is 23.0 Å². The lowest BCUT2D eigenvalue weighted by atomic mass is 10.2. The maximum absolute atomic E-state index is 12.2. The molecule has 0 atom stereocenters. The Bertz CT molecular complexity index is 684. The van der Waals surface area contributed by atoms with Gasteiger partial charge in [0.2, 0.25) is 0 Å². The fourth-order valence-electron chi connectivity index (χ4n) is 1.76. The molecule has 1 amide bonds. The maximum atomic E-state index is 12.2. The monoisotopic (exact) mass is 306 g/mol. The average molecular weight is 306 g/mol. The van der Waals surface area contributed by atoms with Gasteiger partial charge in [-0.1, -0.05) is 0 Å². The van der Waals surface area contributed by atoms with E-state index >= 15 is 0 Å². The minimum absolute atomic E-state index is 0.152. The molecule has 7 nitrogen and oxygen atoms in total. The molecular weight excluding hydrogens is 292 g/mol. The second kappa shape index (κ2) is 6.31. The third-order valence-electron chi connectivity index (χ3n) is 2.97. The number of carbonyl (C=O) groups excluding carboxylic acids is 1. The summed E-state index contributed by atoms with van der Waals surface area (Å²) in [7, 11) is 1.61. The molecule has 0 saturated heterocycles. The van der Waals surface area contributed by atoms with Gasteiger partial charge in [-0.2, -0.15) is 11.3 Å². The number of nitrogens with one attached hydrogen (secondary N) is 2. The van der Waals surface area contributed by atoms with Crippen LogP contribution >= 0.6 is 11.3 Å². The van der Waals surface area contributed by atoms with Crippen molar-refractivity contribution in [2.45, 2.75) is 13.5 Å². The quantitative estimate of drug-likeness (QED) is 0.652. The minimum Gasteiger partial charge on any atom is -0.372 e. The Morgan fingerprint density at radius 3 is 2.81 bits per heavy atom. The fourth-order valence-corrected chi connectivity index (χ4v) is 2.62. The molecule has 0 aliphatic rings. The first kappa shape index (κ1) is 14.9. The lowest BCUT2D eigenvalue weighted by Crippen LogP contribution is -2.24. The maximum Gasteiger partial charge on any atom is 0.288 e. The summed E-state index contributed by atoms with van der Waals surface area (Å²) < 4.78 is 0. The molecule has 0 unspecified atom stereocenters. The second-order valence-corrected chi connectivity index (χ2v) is 5.10. The highest BCUT2D eigenvalue weighted by Gasteiger charge is 2.17. The van der Waals surface area contributed by atoms with Gasteiger partial charge in [-0.25, -0.2) is 4.98 Å². The van der Waals surface area contributed by atoms with E-state index in [1.807, 2.05) is 17.7 Å². The molecule has 0 saturated carbocycles. The highest BCUT2D eigenvalue weighted by atomic mass is 32.1.